The summed E-state index contributed by atoms with van der Waals surface area (Å²) in [6.07, 6.45) is 1.49. The van der Waals surface area contributed by atoms with Gasteiger partial charge in [0.05, 0.1) is 20.4 Å². The number of ether oxygens (including phenoxy) is 2. The van der Waals surface area contributed by atoms with Crippen molar-refractivity contribution < 1.29 is 27.9 Å². The fourth-order valence-corrected chi connectivity index (χ4v) is 4.80. The number of hydrazone groups is 1. The summed E-state index contributed by atoms with van der Waals surface area (Å²) in [5.74, 6) is 0.834. The van der Waals surface area contributed by atoms with Crippen molar-refractivity contribution in [3.63, 3.8) is 0 Å². The van der Waals surface area contributed by atoms with E-state index in [1.807, 2.05) is 13.8 Å². The highest BCUT2D eigenvalue weighted by Gasteiger charge is 2.36. The zero-order valence-electron chi connectivity index (χ0n) is 18.0. The second kappa shape index (κ2) is 9.49. The molecular weight excluding hydrogens is 457 g/mol. The van der Waals surface area contributed by atoms with Crippen LogP contribution in [0.2, 0.25) is 5.02 Å². The monoisotopic (exact) mass is 479 g/mol. The van der Waals surface area contributed by atoms with Crippen molar-refractivity contribution in [3.8, 4) is 11.5 Å². The minimum Gasteiger partial charge on any atom is -0.497 e. The molecule has 0 bridgehead atoms. The van der Waals surface area contributed by atoms with E-state index in [2.05, 4.69) is 9.50 Å². The number of rotatable bonds is 7. The molecule has 3 rings (SSSR count). The third kappa shape index (κ3) is 4.91. The molecule has 0 spiro atoms. The molecule has 32 heavy (non-hydrogen) atoms. The van der Waals surface area contributed by atoms with Gasteiger partial charge in [0.15, 0.2) is 5.84 Å². The molecule has 9 nitrogen and oxygen atoms in total. The first-order chi connectivity index (χ1) is 15.1. The SMILES string of the molecule is COc1cc(OC)c2c(c1)C(N(CC(C)C)/N=C/c1ccc(B(O)O)c(Cl)c1)=NS2(=O)=O. The van der Waals surface area contributed by atoms with Crippen molar-refractivity contribution in [2.45, 2.75) is 18.7 Å². The quantitative estimate of drug-likeness (QED) is 0.350. The van der Waals surface area contributed by atoms with Crippen LogP contribution in [0, 0.1) is 5.92 Å². The molecule has 1 heterocycles. The maximum Gasteiger partial charge on any atom is 0.489 e. The van der Waals surface area contributed by atoms with Crippen LogP contribution in [0.25, 0.3) is 0 Å². The minimum absolute atomic E-state index is 0.0379. The van der Waals surface area contributed by atoms with Gasteiger partial charge in [-0.3, -0.25) is 0 Å². The molecule has 1 aliphatic heterocycles. The first kappa shape index (κ1) is 24.1. The van der Waals surface area contributed by atoms with Crippen LogP contribution in [0.3, 0.4) is 0 Å². The molecule has 0 unspecified atom stereocenters. The fraction of sp³-hybridized carbons (Fsp3) is 0.300. The van der Waals surface area contributed by atoms with E-state index in [9.17, 15) is 18.5 Å². The Morgan fingerprint density at radius 3 is 2.50 bits per heavy atom. The Balaban J connectivity index is 2.06. The fourth-order valence-electron chi connectivity index (χ4n) is 3.18. The molecule has 0 aliphatic carbocycles. The Morgan fingerprint density at radius 1 is 1.22 bits per heavy atom. The Bertz CT molecular complexity index is 1180. The summed E-state index contributed by atoms with van der Waals surface area (Å²) < 4.78 is 40.1. The number of hydrogen-bond donors (Lipinski definition) is 2. The number of fused-ring (bicyclic) bond motifs is 1. The van der Waals surface area contributed by atoms with E-state index in [1.165, 1.54) is 43.6 Å². The average Bonchev–Trinajstić information content (AvgIpc) is 3.00. The van der Waals surface area contributed by atoms with Gasteiger partial charge in [0.2, 0.25) is 0 Å². The second-order valence-corrected chi connectivity index (χ2v) is 9.42. The van der Waals surface area contributed by atoms with Crippen molar-refractivity contribution in [2.24, 2.45) is 15.4 Å². The van der Waals surface area contributed by atoms with Crippen molar-refractivity contribution in [1.29, 1.82) is 0 Å². The molecule has 0 aromatic heterocycles. The molecule has 0 saturated heterocycles. The van der Waals surface area contributed by atoms with Crippen LogP contribution < -0.4 is 14.9 Å². The molecule has 0 radical (unpaired) electrons. The third-order valence-electron chi connectivity index (χ3n) is 4.62. The van der Waals surface area contributed by atoms with Gasteiger partial charge in [0.25, 0.3) is 10.0 Å². The maximum atomic E-state index is 12.8. The largest absolute Gasteiger partial charge is 0.497 e. The number of benzene rings is 2. The molecule has 0 fully saturated rings. The standard InChI is InChI=1S/C20H23BClN3O6S/c1-12(2)11-25(23-10-13-5-6-16(21(26)27)17(22)7-13)20-15-8-14(30-3)9-18(31-4)19(15)32(28,29)24-20/h5-10,12,26-27H,11H2,1-4H3/b23-10+. The van der Waals surface area contributed by atoms with E-state index in [0.717, 1.165) is 0 Å². The molecular formula is C20H23BClN3O6S. The van der Waals surface area contributed by atoms with Gasteiger partial charge in [-0.1, -0.05) is 37.6 Å². The van der Waals surface area contributed by atoms with Gasteiger partial charge in [-0.25, -0.2) is 5.01 Å². The van der Waals surface area contributed by atoms with Crippen molar-refractivity contribution in [2.75, 3.05) is 20.8 Å². The maximum absolute atomic E-state index is 12.8. The highest BCUT2D eigenvalue weighted by molar-refractivity contribution is 7.90. The van der Waals surface area contributed by atoms with E-state index in [0.29, 0.717) is 23.4 Å². The van der Waals surface area contributed by atoms with Gasteiger partial charge in [0, 0.05) is 28.7 Å². The highest BCUT2D eigenvalue weighted by Crippen LogP contribution is 2.39. The predicted molar refractivity (Wildman–Crippen MR) is 124 cm³/mol. The van der Waals surface area contributed by atoms with Crippen LogP contribution in [-0.2, 0) is 10.0 Å². The Kier molecular flexibility index (Phi) is 7.14. The van der Waals surface area contributed by atoms with Crippen LogP contribution in [0.1, 0.15) is 25.0 Å². The summed E-state index contributed by atoms with van der Waals surface area (Å²) in [7, 11) is -2.83. The van der Waals surface area contributed by atoms with Gasteiger partial charge < -0.3 is 19.5 Å². The van der Waals surface area contributed by atoms with Gasteiger partial charge in [0.1, 0.15) is 16.4 Å². The molecule has 1 aliphatic rings. The summed E-state index contributed by atoms with van der Waals surface area (Å²) in [6, 6.07) is 7.69. The molecule has 12 heteroatoms. The van der Waals surface area contributed by atoms with Crippen molar-refractivity contribution in [3.05, 3.63) is 46.5 Å². The lowest BCUT2D eigenvalue weighted by atomic mass is 9.80. The first-order valence-corrected chi connectivity index (χ1v) is 11.5. The van der Waals surface area contributed by atoms with Crippen LogP contribution in [-0.4, -0.2) is 63.4 Å². The van der Waals surface area contributed by atoms with Crippen LogP contribution >= 0.6 is 11.6 Å². The molecule has 170 valence electrons. The number of halogens is 1. The van der Waals surface area contributed by atoms with E-state index in [4.69, 9.17) is 21.1 Å². The number of amidine groups is 1. The number of sulfonamides is 1. The second-order valence-electron chi connectivity index (χ2n) is 7.47. The van der Waals surface area contributed by atoms with E-state index in [1.54, 1.807) is 12.1 Å². The van der Waals surface area contributed by atoms with Gasteiger partial charge in [-0.15, -0.1) is 4.40 Å². The normalized spacial score (nSPS) is 14.4. The summed E-state index contributed by atoms with van der Waals surface area (Å²) in [5.41, 5.74) is 1.08. The van der Waals surface area contributed by atoms with Gasteiger partial charge >= 0.3 is 7.12 Å². The summed E-state index contributed by atoms with van der Waals surface area (Å²) in [6.45, 7) is 4.31. The average molecular weight is 480 g/mol. The molecule has 0 saturated carbocycles. The lowest BCUT2D eigenvalue weighted by Gasteiger charge is -2.21. The van der Waals surface area contributed by atoms with Crippen molar-refractivity contribution in [1.82, 2.24) is 5.01 Å². The number of methoxy groups -OCH3 is 2. The van der Waals surface area contributed by atoms with Crippen LogP contribution in [0.15, 0.2) is 44.7 Å². The highest BCUT2D eigenvalue weighted by atomic mass is 35.5. The molecule has 2 N–H and O–H groups in total. The Labute approximate surface area is 192 Å². The van der Waals surface area contributed by atoms with Crippen LogP contribution in [0.5, 0.6) is 11.5 Å². The predicted octanol–water partition coefficient (Wildman–Crippen LogP) is 1.48. The number of nitrogens with zero attached hydrogens (tertiary/aromatic N) is 3. The lowest BCUT2D eigenvalue weighted by molar-refractivity contribution is 0.380. The summed E-state index contributed by atoms with van der Waals surface area (Å²) >= 11 is 6.10. The molecule has 2 aromatic carbocycles. The summed E-state index contributed by atoms with van der Waals surface area (Å²) in [5, 5.41) is 24.8. The minimum atomic E-state index is -3.99. The van der Waals surface area contributed by atoms with Gasteiger partial charge in [-0.05, 0) is 23.6 Å². The molecule has 0 atom stereocenters. The van der Waals surface area contributed by atoms with Crippen LogP contribution in [0.4, 0.5) is 0 Å². The molecule has 2 aromatic rings. The topological polar surface area (TPSA) is 121 Å². The third-order valence-corrected chi connectivity index (χ3v) is 6.30. The zero-order chi connectivity index (χ0) is 23.6. The zero-order valence-corrected chi connectivity index (χ0v) is 19.6. The van der Waals surface area contributed by atoms with E-state index in [-0.39, 0.29) is 32.9 Å². The van der Waals surface area contributed by atoms with E-state index < -0.39 is 17.1 Å². The number of hydrogen-bond acceptors (Lipinski definition) is 8. The smallest absolute Gasteiger partial charge is 0.489 e. The van der Waals surface area contributed by atoms with E-state index >= 15 is 0 Å². The Hall–Kier alpha value is -2.60. The van der Waals surface area contributed by atoms with Crippen molar-refractivity contribution >= 4 is 46.3 Å². The summed E-state index contributed by atoms with van der Waals surface area (Å²) in [4.78, 5) is -0.0379. The Morgan fingerprint density at radius 2 is 1.94 bits per heavy atom. The van der Waals surface area contributed by atoms with Gasteiger partial charge in [-0.2, -0.15) is 13.5 Å². The lowest BCUT2D eigenvalue weighted by Crippen LogP contribution is -2.31. The molecule has 0 amide bonds. The first-order valence-electron chi connectivity index (χ1n) is 9.65.